The molecule has 0 aromatic rings. The summed E-state index contributed by atoms with van der Waals surface area (Å²) in [6.07, 6.45) is 4.82. The quantitative estimate of drug-likeness (QED) is 0.374. The first-order chi connectivity index (χ1) is 4.81. The van der Waals surface area contributed by atoms with Gasteiger partial charge in [0.25, 0.3) is 0 Å². The predicted molar refractivity (Wildman–Crippen MR) is 54.5 cm³/mol. The smallest absolute Gasteiger partial charge is 0.0712 e. The van der Waals surface area contributed by atoms with Gasteiger partial charge in [-0.2, -0.15) is 11.4 Å². The van der Waals surface area contributed by atoms with Crippen LogP contribution in [0.2, 0.25) is 0 Å². The van der Waals surface area contributed by atoms with Crippen LogP contribution in [0.3, 0.4) is 0 Å². The van der Waals surface area contributed by atoms with Crippen molar-refractivity contribution in [1.82, 2.24) is 0 Å². The fourth-order valence-corrected chi connectivity index (χ4v) is 1.83. The van der Waals surface area contributed by atoms with Crippen LogP contribution in [0, 0.1) is 0 Å². The monoisotopic (exact) mass is 180 g/mol. The van der Waals surface area contributed by atoms with Crippen molar-refractivity contribution in [2.24, 2.45) is 0 Å². The molecule has 0 bridgehead atoms. The lowest BCUT2D eigenvalue weighted by Crippen LogP contribution is -1.87. The Hall–Kier alpha value is 0.510. The molecule has 0 amide bonds. The zero-order chi connectivity index (χ0) is 7.82. The van der Waals surface area contributed by atoms with Gasteiger partial charge in [-0.3, -0.25) is 0 Å². The number of halogens is 1. The molecule has 0 rings (SSSR count). The molecule has 10 heavy (non-hydrogen) atoms. The van der Waals surface area contributed by atoms with E-state index in [2.05, 4.69) is 19.2 Å². The molecule has 0 aromatic heterocycles. The van der Waals surface area contributed by atoms with E-state index in [4.69, 9.17) is 11.6 Å². The highest BCUT2D eigenvalue weighted by atomic mass is 35.5. The summed E-state index contributed by atoms with van der Waals surface area (Å²) < 4.78 is 0.361. The molecule has 0 fully saturated rings. The molecule has 1 unspecified atom stereocenters. The van der Waals surface area contributed by atoms with E-state index in [9.17, 15) is 0 Å². The highest BCUT2D eigenvalue weighted by Crippen LogP contribution is 2.14. The van der Waals surface area contributed by atoms with Gasteiger partial charge >= 0.3 is 0 Å². The van der Waals surface area contributed by atoms with Crippen LogP contribution in [0.5, 0.6) is 0 Å². The number of unbranched alkanes of at least 4 members (excludes halogenated alkanes) is 1. The van der Waals surface area contributed by atoms with Crippen LogP contribution in [0.15, 0.2) is 0 Å². The maximum Gasteiger partial charge on any atom is 0.0712 e. The van der Waals surface area contributed by atoms with Crippen LogP contribution in [0.4, 0.5) is 0 Å². The molecule has 0 aromatic carbocycles. The molecule has 1 atom stereocenters. The Bertz CT molecular complexity index is 91.3. The van der Waals surface area contributed by atoms with Crippen molar-refractivity contribution in [3.05, 3.63) is 0 Å². The fourth-order valence-electron chi connectivity index (χ4n) is 0.667. The van der Waals surface area contributed by atoms with Crippen molar-refractivity contribution in [2.45, 2.75) is 44.2 Å². The average Bonchev–Trinajstić information content (AvgIpc) is 1.97. The summed E-state index contributed by atoms with van der Waals surface area (Å²) in [4.78, 5) is 0. The summed E-state index contributed by atoms with van der Waals surface area (Å²) in [6, 6.07) is 0. The van der Waals surface area contributed by atoms with Crippen LogP contribution in [0.25, 0.3) is 0 Å². The standard InChI is InChI=1S/C8H17ClS/c1-3-5-6-8(9)10-7-4-2/h7-8,10H,3-6H2,1-2H3. The lowest BCUT2D eigenvalue weighted by Gasteiger charge is -2.00. The molecule has 0 saturated heterocycles. The van der Waals surface area contributed by atoms with Crippen molar-refractivity contribution in [3.63, 3.8) is 0 Å². The summed E-state index contributed by atoms with van der Waals surface area (Å²) >= 11 is 7.30. The SMILES string of the molecule is CCC=[SH]C(Cl)CCCC. The van der Waals surface area contributed by atoms with Crippen LogP contribution >= 0.6 is 23.0 Å². The van der Waals surface area contributed by atoms with Crippen LogP contribution in [-0.4, -0.2) is 10.1 Å². The first-order valence-electron chi connectivity index (χ1n) is 3.97. The molecule has 0 radical (unpaired) electrons. The highest BCUT2D eigenvalue weighted by Gasteiger charge is 1.95. The van der Waals surface area contributed by atoms with E-state index < -0.39 is 0 Å². The molecule has 0 nitrogen and oxygen atoms in total. The molecule has 0 aliphatic heterocycles. The van der Waals surface area contributed by atoms with E-state index in [0.717, 1.165) is 12.8 Å². The average molecular weight is 181 g/mol. The molecule has 0 aliphatic rings. The molecule has 0 spiro atoms. The van der Waals surface area contributed by atoms with Gasteiger partial charge in [-0.1, -0.05) is 32.1 Å². The number of hydrogen-bond donors (Lipinski definition) is 1. The van der Waals surface area contributed by atoms with Gasteiger partial charge in [0, 0.05) is 0 Å². The second kappa shape index (κ2) is 7.62. The Kier molecular flexibility index (Phi) is 8.00. The Balaban J connectivity index is 3.24. The van der Waals surface area contributed by atoms with Gasteiger partial charge in [0.2, 0.25) is 0 Å². The largest absolute Gasteiger partial charge is 0.186 e. The molecular weight excluding hydrogens is 164 g/mol. The number of alkyl halides is 1. The van der Waals surface area contributed by atoms with Crippen molar-refractivity contribution < 1.29 is 0 Å². The zero-order valence-corrected chi connectivity index (χ0v) is 8.46. The number of hydrogen-bond acceptors (Lipinski definition) is 0. The number of rotatable bonds is 5. The summed E-state index contributed by atoms with van der Waals surface area (Å²) in [5, 5.41) is 2.23. The van der Waals surface area contributed by atoms with Gasteiger partial charge in [-0.25, -0.2) is 0 Å². The van der Waals surface area contributed by atoms with E-state index in [0.29, 0.717) is 4.71 Å². The Morgan fingerprint density at radius 2 is 2.20 bits per heavy atom. The molecule has 0 heterocycles. The van der Waals surface area contributed by atoms with E-state index >= 15 is 0 Å². The summed E-state index contributed by atoms with van der Waals surface area (Å²) in [6.45, 7) is 4.35. The van der Waals surface area contributed by atoms with Crippen LogP contribution in [-0.2, 0) is 0 Å². The third-order valence-electron chi connectivity index (χ3n) is 1.25. The summed E-state index contributed by atoms with van der Waals surface area (Å²) in [5.74, 6) is 0. The summed E-state index contributed by atoms with van der Waals surface area (Å²) in [7, 11) is 0. The minimum absolute atomic E-state index is 0.361. The molecule has 62 valence electrons. The van der Waals surface area contributed by atoms with Crippen molar-refractivity contribution >= 4 is 28.3 Å². The van der Waals surface area contributed by atoms with Crippen molar-refractivity contribution in [3.8, 4) is 0 Å². The maximum absolute atomic E-state index is 5.99. The lowest BCUT2D eigenvalue weighted by molar-refractivity contribution is 0.761. The molecule has 0 aliphatic carbocycles. The normalized spacial score (nSPS) is 15.1. The van der Waals surface area contributed by atoms with Crippen LogP contribution < -0.4 is 0 Å². The molecular formula is C8H17ClS. The van der Waals surface area contributed by atoms with Gasteiger partial charge in [-0.15, -0.1) is 11.6 Å². The van der Waals surface area contributed by atoms with Crippen molar-refractivity contribution in [1.29, 1.82) is 0 Å². The first-order valence-corrected chi connectivity index (χ1v) is 5.43. The van der Waals surface area contributed by atoms with E-state index in [1.54, 1.807) is 0 Å². The summed E-state index contributed by atoms with van der Waals surface area (Å²) in [5.41, 5.74) is 0. The van der Waals surface area contributed by atoms with Gasteiger partial charge in [0.15, 0.2) is 0 Å². The Labute approximate surface area is 72.9 Å². The lowest BCUT2D eigenvalue weighted by atomic mass is 10.3. The Morgan fingerprint density at radius 3 is 2.70 bits per heavy atom. The van der Waals surface area contributed by atoms with E-state index in [1.165, 1.54) is 24.2 Å². The van der Waals surface area contributed by atoms with Gasteiger partial charge in [0.1, 0.15) is 0 Å². The molecule has 0 N–H and O–H groups in total. The molecule has 0 saturated carbocycles. The zero-order valence-electron chi connectivity index (χ0n) is 6.81. The number of thiol groups is 1. The van der Waals surface area contributed by atoms with Crippen molar-refractivity contribution in [2.75, 3.05) is 0 Å². The van der Waals surface area contributed by atoms with Gasteiger partial charge in [0.05, 0.1) is 4.71 Å². The second-order valence-electron chi connectivity index (χ2n) is 2.32. The third-order valence-corrected chi connectivity index (χ3v) is 2.96. The van der Waals surface area contributed by atoms with E-state index in [-0.39, 0.29) is 0 Å². The van der Waals surface area contributed by atoms with E-state index in [1.807, 2.05) is 0 Å². The van der Waals surface area contributed by atoms with Gasteiger partial charge < -0.3 is 0 Å². The fraction of sp³-hybridized carbons (Fsp3) is 0.875. The second-order valence-corrected chi connectivity index (χ2v) is 4.43. The first kappa shape index (κ1) is 10.5. The highest BCUT2D eigenvalue weighted by molar-refractivity contribution is 7.99. The van der Waals surface area contributed by atoms with Crippen LogP contribution in [0.1, 0.15) is 39.5 Å². The molecule has 2 heteroatoms. The third kappa shape index (κ3) is 6.63. The maximum atomic E-state index is 5.99. The minimum Gasteiger partial charge on any atom is -0.186 e. The predicted octanol–water partition coefficient (Wildman–Crippen LogP) is 3.42. The minimum atomic E-state index is 0.361. The van der Waals surface area contributed by atoms with Gasteiger partial charge in [-0.05, 0) is 12.8 Å². The topological polar surface area (TPSA) is 0 Å². The Morgan fingerprint density at radius 1 is 1.50 bits per heavy atom.